The van der Waals surface area contributed by atoms with E-state index in [1.54, 1.807) is 54.6 Å². The van der Waals surface area contributed by atoms with Crippen molar-refractivity contribution in [1.29, 1.82) is 0 Å². The van der Waals surface area contributed by atoms with Crippen molar-refractivity contribution in [2.75, 3.05) is 23.7 Å². The van der Waals surface area contributed by atoms with Crippen LogP contribution in [0.2, 0.25) is 10.0 Å². The molecule has 4 aromatic carbocycles. The topological polar surface area (TPSA) is 96.0 Å². The highest BCUT2D eigenvalue weighted by atomic mass is 35.5. The number of rotatable bonds is 14. The molecule has 0 fully saturated rings. The Morgan fingerprint density at radius 2 is 1.53 bits per heavy atom. The van der Waals surface area contributed by atoms with E-state index in [0.717, 1.165) is 14.8 Å². The number of anilines is 1. The molecule has 0 saturated heterocycles. The smallest absolute Gasteiger partial charge is 0.264 e. The van der Waals surface area contributed by atoms with E-state index >= 15 is 0 Å². The Morgan fingerprint density at radius 1 is 0.878 bits per heavy atom. The number of hydrogen-bond donors (Lipinski definition) is 1. The van der Waals surface area contributed by atoms with Crippen molar-refractivity contribution in [3.05, 3.63) is 118 Å². The molecule has 0 radical (unpaired) electrons. The monoisotopic (exact) mass is 741 g/mol. The number of halogens is 2. The normalized spacial score (nSPS) is 12.2. The predicted octanol–water partition coefficient (Wildman–Crippen LogP) is 7.86. The fourth-order valence-corrected chi connectivity index (χ4v) is 7.26. The lowest BCUT2D eigenvalue weighted by Gasteiger charge is -2.35. The van der Waals surface area contributed by atoms with Gasteiger partial charge in [0.25, 0.3) is 10.0 Å². The van der Waals surface area contributed by atoms with E-state index in [1.807, 2.05) is 64.3 Å². The lowest BCUT2D eigenvalue weighted by molar-refractivity contribution is -0.140. The summed E-state index contributed by atoms with van der Waals surface area (Å²) >= 11 is 14.1. The maximum Gasteiger partial charge on any atom is 0.264 e. The highest BCUT2D eigenvalue weighted by Crippen LogP contribution is 2.29. The summed E-state index contributed by atoms with van der Waals surface area (Å²) in [5.41, 5.74) is 1.10. The molecule has 4 aromatic rings. The Bertz CT molecular complexity index is 1830. The first-order valence-electron chi connectivity index (χ1n) is 15.7. The summed E-state index contributed by atoms with van der Waals surface area (Å²) in [5.74, 6) is -0.413. The summed E-state index contributed by atoms with van der Waals surface area (Å²) in [6, 6.07) is 26.4. The second-order valence-electron chi connectivity index (χ2n) is 12.3. The molecule has 12 heteroatoms. The van der Waals surface area contributed by atoms with Crippen LogP contribution in [0.25, 0.3) is 0 Å². The third kappa shape index (κ3) is 10.4. The molecule has 1 atom stereocenters. The molecule has 0 bridgehead atoms. The van der Waals surface area contributed by atoms with Crippen molar-refractivity contribution < 1.29 is 22.7 Å². The molecular formula is C37H41Cl2N3O5S2. The van der Waals surface area contributed by atoms with Crippen molar-refractivity contribution in [3.63, 3.8) is 0 Å². The molecule has 0 aliphatic heterocycles. The first-order valence-corrected chi connectivity index (χ1v) is 19.1. The number of nitrogens with one attached hydrogen (secondary N) is 1. The van der Waals surface area contributed by atoms with Crippen LogP contribution in [0.5, 0.6) is 5.75 Å². The fourth-order valence-electron chi connectivity index (χ4n) is 5.12. The number of benzene rings is 4. The number of hydrogen-bond acceptors (Lipinski definition) is 6. The van der Waals surface area contributed by atoms with E-state index in [2.05, 4.69) is 5.32 Å². The van der Waals surface area contributed by atoms with Crippen LogP contribution >= 0.6 is 35.0 Å². The molecule has 4 rings (SSSR count). The van der Waals surface area contributed by atoms with Crippen LogP contribution in [0.15, 0.2) is 107 Å². The van der Waals surface area contributed by atoms with Crippen LogP contribution in [0.4, 0.5) is 5.69 Å². The second-order valence-corrected chi connectivity index (χ2v) is 15.9. The van der Waals surface area contributed by atoms with Gasteiger partial charge in [-0.05, 0) is 106 Å². The minimum Gasteiger partial charge on any atom is -0.494 e. The van der Waals surface area contributed by atoms with Gasteiger partial charge in [0.2, 0.25) is 11.8 Å². The number of sulfonamides is 1. The average molecular weight is 743 g/mol. The minimum absolute atomic E-state index is 0.0225. The van der Waals surface area contributed by atoms with Gasteiger partial charge >= 0.3 is 0 Å². The van der Waals surface area contributed by atoms with Crippen LogP contribution in [-0.2, 0) is 32.6 Å². The maximum atomic E-state index is 14.7. The second kappa shape index (κ2) is 16.8. The number of nitrogens with zero attached hydrogens (tertiary/aromatic N) is 2. The lowest BCUT2D eigenvalue weighted by atomic mass is 10.0. The number of carbonyl (C=O) groups is 2. The van der Waals surface area contributed by atoms with Crippen molar-refractivity contribution in [2.45, 2.75) is 62.0 Å². The van der Waals surface area contributed by atoms with E-state index in [4.69, 9.17) is 27.9 Å². The predicted molar refractivity (Wildman–Crippen MR) is 199 cm³/mol. The Hall–Kier alpha value is -3.70. The van der Waals surface area contributed by atoms with Gasteiger partial charge < -0.3 is 15.0 Å². The van der Waals surface area contributed by atoms with Gasteiger partial charge in [0.1, 0.15) is 18.3 Å². The highest BCUT2D eigenvalue weighted by molar-refractivity contribution is 7.98. The molecular weight excluding hydrogens is 701 g/mol. The number of amides is 2. The molecule has 0 saturated carbocycles. The molecule has 1 N–H and O–H groups in total. The third-order valence-corrected chi connectivity index (χ3v) is 10.7. The van der Waals surface area contributed by atoms with Gasteiger partial charge in [-0.1, -0.05) is 59.6 Å². The lowest BCUT2D eigenvalue weighted by Crippen LogP contribution is -2.56. The zero-order valence-corrected chi connectivity index (χ0v) is 31.3. The molecule has 0 aliphatic carbocycles. The van der Waals surface area contributed by atoms with Crippen molar-refractivity contribution in [2.24, 2.45) is 0 Å². The summed E-state index contributed by atoms with van der Waals surface area (Å²) in [5, 5.41) is 3.66. The average Bonchev–Trinajstić information content (AvgIpc) is 3.07. The standard InChI is InChI=1S/C37H41Cl2N3O5S2/c1-6-47-29-15-13-28(14-16-29)42(49(45,46)31-19-17-30(48-5)18-20-31)25-35(43)41(24-27-12-21-32(38)33(39)22-27)34(36(44)40-37(2,3)4)23-26-10-8-7-9-11-26/h7-22,34H,6,23-25H2,1-5H3,(H,40,44). The van der Waals surface area contributed by atoms with Gasteiger partial charge in [-0.15, -0.1) is 11.8 Å². The first-order chi connectivity index (χ1) is 23.2. The Labute approximate surface area is 303 Å². The van der Waals surface area contributed by atoms with Crippen molar-refractivity contribution >= 4 is 62.5 Å². The van der Waals surface area contributed by atoms with Crippen LogP contribution < -0.4 is 14.4 Å². The number of ether oxygens (including phenoxy) is 1. The fraction of sp³-hybridized carbons (Fsp3) is 0.297. The van der Waals surface area contributed by atoms with E-state index < -0.39 is 34.1 Å². The van der Waals surface area contributed by atoms with Crippen molar-refractivity contribution in [3.8, 4) is 5.75 Å². The van der Waals surface area contributed by atoms with Gasteiger partial charge in [0, 0.05) is 23.4 Å². The summed E-state index contributed by atoms with van der Waals surface area (Å²) in [4.78, 5) is 31.1. The SMILES string of the molecule is CCOc1ccc(N(CC(=O)N(Cc2ccc(Cl)c(Cl)c2)C(Cc2ccccc2)C(=O)NC(C)(C)C)S(=O)(=O)c2ccc(SC)cc2)cc1. The van der Waals surface area contributed by atoms with Gasteiger partial charge in [-0.3, -0.25) is 13.9 Å². The van der Waals surface area contributed by atoms with Crippen LogP contribution in [-0.4, -0.2) is 56.1 Å². The van der Waals surface area contributed by atoms with E-state index in [1.165, 1.54) is 28.8 Å². The molecule has 0 aromatic heterocycles. The number of carbonyl (C=O) groups excluding carboxylic acids is 2. The van der Waals surface area contributed by atoms with Gasteiger partial charge in [-0.25, -0.2) is 8.42 Å². The molecule has 49 heavy (non-hydrogen) atoms. The number of thioether (sulfide) groups is 1. The molecule has 260 valence electrons. The largest absolute Gasteiger partial charge is 0.494 e. The summed E-state index contributed by atoms with van der Waals surface area (Å²) in [6.45, 7) is 7.24. The Balaban J connectivity index is 1.83. The Morgan fingerprint density at radius 3 is 2.10 bits per heavy atom. The molecule has 0 spiro atoms. The molecule has 0 aliphatic rings. The summed E-state index contributed by atoms with van der Waals surface area (Å²) in [7, 11) is -4.26. The minimum atomic E-state index is -4.26. The van der Waals surface area contributed by atoms with Gasteiger partial charge in [-0.2, -0.15) is 0 Å². The van der Waals surface area contributed by atoms with Gasteiger partial charge in [0.15, 0.2) is 0 Å². The van der Waals surface area contributed by atoms with E-state index in [9.17, 15) is 18.0 Å². The van der Waals surface area contributed by atoms with Crippen LogP contribution in [0.1, 0.15) is 38.8 Å². The maximum absolute atomic E-state index is 14.7. The quantitative estimate of drug-likeness (QED) is 0.132. The van der Waals surface area contributed by atoms with Gasteiger partial charge in [0.05, 0.1) is 27.2 Å². The molecule has 8 nitrogen and oxygen atoms in total. The zero-order chi connectivity index (χ0) is 35.8. The first kappa shape index (κ1) is 38.1. The van der Waals surface area contributed by atoms with Crippen LogP contribution in [0, 0.1) is 0 Å². The van der Waals surface area contributed by atoms with Crippen molar-refractivity contribution in [1.82, 2.24) is 10.2 Å². The highest BCUT2D eigenvalue weighted by Gasteiger charge is 2.35. The molecule has 0 heterocycles. The summed E-state index contributed by atoms with van der Waals surface area (Å²) in [6.07, 6.45) is 2.08. The molecule has 1 unspecified atom stereocenters. The summed E-state index contributed by atoms with van der Waals surface area (Å²) < 4.78 is 35.3. The molecule has 2 amide bonds. The van der Waals surface area contributed by atoms with Crippen LogP contribution in [0.3, 0.4) is 0 Å². The van der Waals surface area contributed by atoms with E-state index in [0.29, 0.717) is 22.9 Å². The Kier molecular flexibility index (Phi) is 13.1. The van der Waals surface area contributed by atoms with E-state index in [-0.39, 0.29) is 34.5 Å². The third-order valence-electron chi connectivity index (χ3n) is 7.47. The zero-order valence-electron chi connectivity index (χ0n) is 28.2.